The first-order valence-electron chi connectivity index (χ1n) is 8.98. The summed E-state index contributed by atoms with van der Waals surface area (Å²) in [7, 11) is 1.65. The zero-order valence-corrected chi connectivity index (χ0v) is 16.5. The standard InChI is InChI=1S/C22H24N2O2S/c1-17-7-6-10-19(13-17)22-23-20(16-27-22)14-21(25)24(11-12-26-2)15-18-8-4-3-5-9-18/h3-10,13,16H,11-12,14-15H2,1-2H3. The molecule has 2 aromatic carbocycles. The third-order valence-corrected chi connectivity index (χ3v) is 5.22. The minimum atomic E-state index is 0.0667. The summed E-state index contributed by atoms with van der Waals surface area (Å²) in [6, 6.07) is 18.3. The number of amides is 1. The largest absolute Gasteiger partial charge is 0.383 e. The lowest BCUT2D eigenvalue weighted by molar-refractivity contribution is -0.131. The Morgan fingerprint density at radius 3 is 2.70 bits per heavy atom. The van der Waals surface area contributed by atoms with Crippen LogP contribution < -0.4 is 0 Å². The van der Waals surface area contributed by atoms with Gasteiger partial charge >= 0.3 is 0 Å². The van der Waals surface area contributed by atoms with Crippen LogP contribution >= 0.6 is 11.3 Å². The van der Waals surface area contributed by atoms with Gasteiger partial charge in [0.25, 0.3) is 0 Å². The van der Waals surface area contributed by atoms with E-state index in [4.69, 9.17) is 4.74 Å². The monoisotopic (exact) mass is 380 g/mol. The summed E-state index contributed by atoms with van der Waals surface area (Å²) in [4.78, 5) is 19.4. The molecule has 0 radical (unpaired) electrons. The number of rotatable bonds is 8. The van der Waals surface area contributed by atoms with E-state index in [9.17, 15) is 4.79 Å². The first-order valence-corrected chi connectivity index (χ1v) is 9.86. The van der Waals surface area contributed by atoms with Crippen LogP contribution in [0.2, 0.25) is 0 Å². The maximum absolute atomic E-state index is 12.9. The molecule has 0 spiro atoms. The van der Waals surface area contributed by atoms with Gasteiger partial charge in [-0.2, -0.15) is 0 Å². The van der Waals surface area contributed by atoms with Gasteiger partial charge in [0.1, 0.15) is 5.01 Å². The van der Waals surface area contributed by atoms with E-state index < -0.39 is 0 Å². The molecule has 0 atom stereocenters. The number of hydrogen-bond donors (Lipinski definition) is 0. The number of aryl methyl sites for hydroxylation is 1. The zero-order chi connectivity index (χ0) is 19.1. The van der Waals surface area contributed by atoms with Gasteiger partial charge in [0.2, 0.25) is 5.91 Å². The second-order valence-electron chi connectivity index (χ2n) is 6.48. The Kier molecular flexibility index (Phi) is 6.74. The molecular formula is C22H24N2O2S. The lowest BCUT2D eigenvalue weighted by atomic mass is 10.1. The van der Waals surface area contributed by atoms with Gasteiger partial charge in [0.15, 0.2) is 0 Å². The van der Waals surface area contributed by atoms with Gasteiger partial charge < -0.3 is 9.64 Å². The van der Waals surface area contributed by atoms with Crippen LogP contribution in [0.25, 0.3) is 10.6 Å². The Bertz CT molecular complexity index is 877. The average molecular weight is 381 g/mol. The Morgan fingerprint density at radius 2 is 1.96 bits per heavy atom. The number of carbonyl (C=O) groups excluding carboxylic acids is 1. The number of ether oxygens (including phenoxy) is 1. The summed E-state index contributed by atoms with van der Waals surface area (Å²) in [6.07, 6.45) is 0.304. The van der Waals surface area contributed by atoms with Crippen molar-refractivity contribution in [1.29, 1.82) is 0 Å². The van der Waals surface area contributed by atoms with Gasteiger partial charge in [0.05, 0.1) is 18.7 Å². The summed E-state index contributed by atoms with van der Waals surface area (Å²) in [6.45, 7) is 3.74. The molecule has 140 valence electrons. The smallest absolute Gasteiger partial charge is 0.228 e. The SMILES string of the molecule is COCCN(Cc1ccccc1)C(=O)Cc1csc(-c2cccc(C)c2)n1. The van der Waals surface area contributed by atoms with Crippen LogP contribution in [0, 0.1) is 6.92 Å². The summed E-state index contributed by atoms with van der Waals surface area (Å²) >= 11 is 1.58. The Morgan fingerprint density at radius 1 is 1.15 bits per heavy atom. The minimum Gasteiger partial charge on any atom is -0.383 e. The molecule has 4 nitrogen and oxygen atoms in total. The van der Waals surface area contributed by atoms with E-state index in [0.29, 0.717) is 26.1 Å². The molecule has 0 aliphatic rings. The molecule has 0 saturated carbocycles. The zero-order valence-electron chi connectivity index (χ0n) is 15.7. The number of nitrogens with zero attached hydrogens (tertiary/aromatic N) is 2. The van der Waals surface area contributed by atoms with Crippen molar-refractivity contribution < 1.29 is 9.53 Å². The van der Waals surface area contributed by atoms with Crippen LogP contribution in [0.5, 0.6) is 0 Å². The molecule has 27 heavy (non-hydrogen) atoms. The van der Waals surface area contributed by atoms with E-state index in [1.165, 1.54) is 5.56 Å². The molecule has 0 saturated heterocycles. The Balaban J connectivity index is 1.69. The van der Waals surface area contributed by atoms with Crippen molar-refractivity contribution in [2.75, 3.05) is 20.3 Å². The number of hydrogen-bond acceptors (Lipinski definition) is 4. The van der Waals surface area contributed by atoms with Gasteiger partial charge in [-0.1, -0.05) is 54.1 Å². The molecule has 1 amide bonds. The molecule has 0 fully saturated rings. The van der Waals surface area contributed by atoms with Crippen LogP contribution in [0.15, 0.2) is 60.0 Å². The number of benzene rings is 2. The van der Waals surface area contributed by atoms with Crippen LogP contribution in [-0.2, 0) is 22.5 Å². The van der Waals surface area contributed by atoms with E-state index in [1.807, 2.05) is 46.7 Å². The summed E-state index contributed by atoms with van der Waals surface area (Å²) in [5, 5.41) is 2.93. The lowest BCUT2D eigenvalue weighted by Crippen LogP contribution is -2.34. The van der Waals surface area contributed by atoms with Crippen LogP contribution in [0.4, 0.5) is 0 Å². The van der Waals surface area contributed by atoms with Crippen LogP contribution in [-0.4, -0.2) is 36.1 Å². The second-order valence-corrected chi connectivity index (χ2v) is 7.34. The third-order valence-electron chi connectivity index (χ3n) is 4.28. The van der Waals surface area contributed by atoms with E-state index >= 15 is 0 Å². The van der Waals surface area contributed by atoms with E-state index in [-0.39, 0.29) is 5.91 Å². The fourth-order valence-electron chi connectivity index (χ4n) is 2.86. The summed E-state index contributed by atoms with van der Waals surface area (Å²) in [5.41, 5.74) is 4.23. The quantitative estimate of drug-likeness (QED) is 0.584. The number of thiazole rings is 1. The number of carbonyl (C=O) groups is 1. The predicted octanol–water partition coefficient (Wildman–Crippen LogP) is 4.34. The van der Waals surface area contributed by atoms with Crippen molar-refractivity contribution in [1.82, 2.24) is 9.88 Å². The highest BCUT2D eigenvalue weighted by molar-refractivity contribution is 7.13. The van der Waals surface area contributed by atoms with E-state index in [2.05, 4.69) is 30.1 Å². The van der Waals surface area contributed by atoms with Gasteiger partial charge in [-0.15, -0.1) is 11.3 Å². The first-order chi connectivity index (χ1) is 13.2. The van der Waals surface area contributed by atoms with Gasteiger partial charge in [-0.3, -0.25) is 4.79 Å². The lowest BCUT2D eigenvalue weighted by Gasteiger charge is -2.22. The second kappa shape index (κ2) is 9.44. The first kappa shape index (κ1) is 19.3. The molecule has 0 bridgehead atoms. The van der Waals surface area contributed by atoms with Gasteiger partial charge in [0, 0.05) is 31.1 Å². The van der Waals surface area contributed by atoms with Crippen molar-refractivity contribution >= 4 is 17.2 Å². The van der Waals surface area contributed by atoms with Crippen LogP contribution in [0.3, 0.4) is 0 Å². The minimum absolute atomic E-state index is 0.0667. The highest BCUT2D eigenvalue weighted by Crippen LogP contribution is 2.24. The molecule has 1 aromatic heterocycles. The van der Waals surface area contributed by atoms with Crippen molar-refractivity contribution in [3.05, 3.63) is 76.8 Å². The summed E-state index contributed by atoms with van der Waals surface area (Å²) in [5.74, 6) is 0.0667. The fourth-order valence-corrected chi connectivity index (χ4v) is 3.68. The predicted molar refractivity (Wildman–Crippen MR) is 110 cm³/mol. The van der Waals surface area contributed by atoms with Gasteiger partial charge in [-0.05, 0) is 18.6 Å². The Labute approximate surface area is 164 Å². The normalized spacial score (nSPS) is 10.7. The molecule has 3 aromatic rings. The van der Waals surface area contributed by atoms with Crippen LogP contribution in [0.1, 0.15) is 16.8 Å². The highest BCUT2D eigenvalue weighted by atomic mass is 32.1. The van der Waals surface area contributed by atoms with Crippen molar-refractivity contribution in [2.45, 2.75) is 19.9 Å². The van der Waals surface area contributed by atoms with Crippen molar-refractivity contribution in [3.8, 4) is 10.6 Å². The fraction of sp³-hybridized carbons (Fsp3) is 0.273. The molecule has 0 aliphatic carbocycles. The molecule has 0 aliphatic heterocycles. The maximum atomic E-state index is 12.9. The van der Waals surface area contributed by atoms with Crippen molar-refractivity contribution in [2.24, 2.45) is 0 Å². The molecule has 0 N–H and O–H groups in total. The van der Waals surface area contributed by atoms with Gasteiger partial charge in [-0.25, -0.2) is 4.98 Å². The Hall–Kier alpha value is -2.50. The maximum Gasteiger partial charge on any atom is 0.228 e. The summed E-state index contributed by atoms with van der Waals surface area (Å²) < 4.78 is 5.18. The van der Waals surface area contributed by atoms with E-state index in [0.717, 1.165) is 21.8 Å². The van der Waals surface area contributed by atoms with Crippen molar-refractivity contribution in [3.63, 3.8) is 0 Å². The molecule has 0 unspecified atom stereocenters. The molecule has 5 heteroatoms. The van der Waals surface area contributed by atoms with E-state index in [1.54, 1.807) is 18.4 Å². The topological polar surface area (TPSA) is 42.4 Å². The molecule has 3 rings (SSSR count). The third kappa shape index (κ3) is 5.49. The average Bonchev–Trinajstić information content (AvgIpc) is 3.14. The molecule has 1 heterocycles. The number of methoxy groups -OCH3 is 1. The number of aromatic nitrogens is 1. The molecular weight excluding hydrogens is 356 g/mol. The highest BCUT2D eigenvalue weighted by Gasteiger charge is 2.16.